The summed E-state index contributed by atoms with van der Waals surface area (Å²) in [5.74, 6) is 0.0124. The lowest BCUT2D eigenvalue weighted by Crippen LogP contribution is -2.39. The van der Waals surface area contributed by atoms with E-state index in [0.29, 0.717) is 25.9 Å². The average molecular weight is 348 g/mol. The summed E-state index contributed by atoms with van der Waals surface area (Å²) in [6.45, 7) is 1.26. The number of aliphatic hydroxyl groups is 1. The first-order valence-electron chi connectivity index (χ1n) is 7.62. The van der Waals surface area contributed by atoms with Gasteiger partial charge < -0.3 is 10.0 Å². The van der Waals surface area contributed by atoms with Crippen LogP contribution >= 0.6 is 22.9 Å². The Morgan fingerprint density at radius 2 is 1.87 bits per heavy atom. The van der Waals surface area contributed by atoms with Crippen LogP contribution in [0.5, 0.6) is 0 Å². The molecular formula is C18H18ClNO2S. The second kappa shape index (κ2) is 7.30. The van der Waals surface area contributed by atoms with Gasteiger partial charge in [-0.1, -0.05) is 23.7 Å². The smallest absolute Gasteiger partial charge is 0.246 e. The van der Waals surface area contributed by atoms with E-state index in [1.165, 1.54) is 0 Å². The van der Waals surface area contributed by atoms with Crippen molar-refractivity contribution in [2.24, 2.45) is 0 Å². The molecule has 23 heavy (non-hydrogen) atoms. The van der Waals surface area contributed by atoms with Crippen LogP contribution < -0.4 is 0 Å². The van der Waals surface area contributed by atoms with Crippen LogP contribution in [-0.2, 0) is 4.79 Å². The fourth-order valence-corrected chi connectivity index (χ4v) is 3.60. The Bertz CT molecular complexity index is 700. The van der Waals surface area contributed by atoms with Crippen LogP contribution in [-0.4, -0.2) is 35.1 Å². The molecule has 1 amide bonds. The van der Waals surface area contributed by atoms with Crippen molar-refractivity contribution in [2.75, 3.05) is 13.1 Å². The molecule has 1 fully saturated rings. The molecule has 2 aromatic rings. The van der Waals surface area contributed by atoms with Gasteiger partial charge in [-0.15, -0.1) is 11.3 Å². The first-order chi connectivity index (χ1) is 11.1. The van der Waals surface area contributed by atoms with E-state index in [1.54, 1.807) is 22.3 Å². The first-order valence-corrected chi connectivity index (χ1v) is 8.82. The van der Waals surface area contributed by atoms with E-state index >= 15 is 0 Å². The van der Waals surface area contributed by atoms with Crippen molar-refractivity contribution in [1.29, 1.82) is 0 Å². The number of benzene rings is 1. The minimum Gasteiger partial charge on any atom is -0.393 e. The number of carbonyl (C=O) groups excluding carboxylic acids is 1. The van der Waals surface area contributed by atoms with Crippen molar-refractivity contribution in [3.05, 3.63) is 52.4 Å². The quantitative estimate of drug-likeness (QED) is 0.850. The molecule has 120 valence electrons. The van der Waals surface area contributed by atoms with E-state index in [-0.39, 0.29) is 12.0 Å². The third kappa shape index (κ3) is 4.22. The van der Waals surface area contributed by atoms with Gasteiger partial charge in [0.25, 0.3) is 0 Å². The summed E-state index contributed by atoms with van der Waals surface area (Å²) in [6, 6.07) is 11.8. The molecule has 1 N–H and O–H groups in total. The van der Waals surface area contributed by atoms with Crippen LogP contribution in [0.2, 0.25) is 5.02 Å². The normalized spacial score (nSPS) is 16.2. The Hall–Kier alpha value is -1.62. The molecule has 5 heteroatoms. The van der Waals surface area contributed by atoms with Crippen molar-refractivity contribution >= 4 is 34.9 Å². The SMILES string of the molecule is O=C(C=Cc1ccc(-c2ccc(Cl)cc2)s1)N1CCC(O)CC1. The summed E-state index contributed by atoms with van der Waals surface area (Å²) in [7, 11) is 0. The highest BCUT2D eigenvalue weighted by Gasteiger charge is 2.19. The molecule has 0 radical (unpaired) electrons. The predicted molar refractivity (Wildman–Crippen MR) is 95.6 cm³/mol. The second-order valence-electron chi connectivity index (χ2n) is 5.60. The van der Waals surface area contributed by atoms with Gasteiger partial charge in [-0.05, 0) is 48.7 Å². The summed E-state index contributed by atoms with van der Waals surface area (Å²) < 4.78 is 0. The van der Waals surface area contributed by atoms with Gasteiger partial charge in [0, 0.05) is 33.9 Å². The van der Waals surface area contributed by atoms with E-state index < -0.39 is 0 Å². The minimum absolute atomic E-state index is 0.0124. The van der Waals surface area contributed by atoms with Gasteiger partial charge in [0.05, 0.1) is 6.10 Å². The standard InChI is InChI=1S/C18H18ClNO2S/c19-14-3-1-13(2-4-14)17-7-5-16(23-17)6-8-18(22)20-11-9-15(21)10-12-20/h1-8,15,21H,9-12H2. The van der Waals surface area contributed by atoms with Crippen LogP contribution in [0.4, 0.5) is 0 Å². The van der Waals surface area contributed by atoms with Gasteiger partial charge in [0.2, 0.25) is 5.91 Å². The van der Waals surface area contributed by atoms with Gasteiger partial charge in [0.1, 0.15) is 0 Å². The molecule has 3 rings (SSSR count). The van der Waals surface area contributed by atoms with E-state index in [9.17, 15) is 9.90 Å². The molecule has 0 bridgehead atoms. The highest BCUT2D eigenvalue weighted by Crippen LogP contribution is 2.29. The van der Waals surface area contributed by atoms with Crippen molar-refractivity contribution in [3.63, 3.8) is 0 Å². The van der Waals surface area contributed by atoms with Crippen LogP contribution in [0, 0.1) is 0 Å². The highest BCUT2D eigenvalue weighted by atomic mass is 35.5. The molecule has 2 heterocycles. The van der Waals surface area contributed by atoms with E-state index in [0.717, 1.165) is 20.3 Å². The zero-order valence-corrected chi connectivity index (χ0v) is 14.2. The van der Waals surface area contributed by atoms with Crippen molar-refractivity contribution in [1.82, 2.24) is 4.90 Å². The van der Waals surface area contributed by atoms with Gasteiger partial charge in [-0.2, -0.15) is 0 Å². The van der Waals surface area contributed by atoms with Crippen LogP contribution in [0.25, 0.3) is 16.5 Å². The molecular weight excluding hydrogens is 330 g/mol. The predicted octanol–water partition coefficient (Wildman–Crippen LogP) is 4.07. The second-order valence-corrected chi connectivity index (χ2v) is 7.15. The monoisotopic (exact) mass is 347 g/mol. The molecule has 1 aromatic heterocycles. The lowest BCUT2D eigenvalue weighted by Gasteiger charge is -2.28. The summed E-state index contributed by atoms with van der Waals surface area (Å²) in [6.07, 6.45) is 4.55. The zero-order chi connectivity index (χ0) is 16.2. The molecule has 3 nitrogen and oxygen atoms in total. The molecule has 0 saturated carbocycles. The summed E-state index contributed by atoms with van der Waals surface area (Å²) >= 11 is 7.55. The maximum absolute atomic E-state index is 12.1. The Morgan fingerprint density at radius 3 is 2.57 bits per heavy atom. The number of nitrogens with zero attached hydrogens (tertiary/aromatic N) is 1. The van der Waals surface area contributed by atoms with Gasteiger partial charge >= 0.3 is 0 Å². The van der Waals surface area contributed by atoms with Gasteiger partial charge in [-0.25, -0.2) is 0 Å². The van der Waals surface area contributed by atoms with Gasteiger partial charge in [-0.3, -0.25) is 4.79 Å². The summed E-state index contributed by atoms with van der Waals surface area (Å²) in [5.41, 5.74) is 1.12. The molecule has 1 aliphatic heterocycles. The number of carbonyl (C=O) groups is 1. The third-order valence-electron chi connectivity index (χ3n) is 3.92. The lowest BCUT2D eigenvalue weighted by atomic mass is 10.1. The fourth-order valence-electron chi connectivity index (χ4n) is 2.56. The Kier molecular flexibility index (Phi) is 5.16. The largest absolute Gasteiger partial charge is 0.393 e. The number of hydrogen-bond donors (Lipinski definition) is 1. The maximum atomic E-state index is 12.1. The Balaban J connectivity index is 1.64. The number of rotatable bonds is 3. The molecule has 0 spiro atoms. The number of likely N-dealkylation sites (tertiary alicyclic amines) is 1. The van der Waals surface area contributed by atoms with E-state index in [1.807, 2.05) is 36.4 Å². The highest BCUT2D eigenvalue weighted by molar-refractivity contribution is 7.16. The minimum atomic E-state index is -0.262. The molecule has 1 aliphatic rings. The molecule has 1 aromatic carbocycles. The summed E-state index contributed by atoms with van der Waals surface area (Å²) in [5, 5.41) is 10.2. The fraction of sp³-hybridized carbons (Fsp3) is 0.278. The number of aliphatic hydroxyl groups excluding tert-OH is 1. The number of halogens is 1. The van der Waals surface area contributed by atoms with Crippen molar-refractivity contribution < 1.29 is 9.90 Å². The van der Waals surface area contributed by atoms with Crippen molar-refractivity contribution in [3.8, 4) is 10.4 Å². The van der Waals surface area contributed by atoms with E-state index in [2.05, 4.69) is 6.07 Å². The number of thiophene rings is 1. The number of hydrogen-bond acceptors (Lipinski definition) is 3. The first kappa shape index (κ1) is 16.2. The molecule has 1 saturated heterocycles. The maximum Gasteiger partial charge on any atom is 0.246 e. The number of amides is 1. The van der Waals surface area contributed by atoms with E-state index in [4.69, 9.17) is 11.6 Å². The van der Waals surface area contributed by atoms with Crippen molar-refractivity contribution in [2.45, 2.75) is 18.9 Å². The molecule has 0 atom stereocenters. The van der Waals surface area contributed by atoms with Crippen LogP contribution in [0.1, 0.15) is 17.7 Å². The number of piperidine rings is 1. The topological polar surface area (TPSA) is 40.5 Å². The third-order valence-corrected chi connectivity index (χ3v) is 5.27. The van der Waals surface area contributed by atoms with Crippen LogP contribution in [0.3, 0.4) is 0 Å². The zero-order valence-electron chi connectivity index (χ0n) is 12.6. The molecule has 0 aliphatic carbocycles. The van der Waals surface area contributed by atoms with Gasteiger partial charge in [0.15, 0.2) is 0 Å². The summed E-state index contributed by atoms with van der Waals surface area (Å²) in [4.78, 5) is 16.1. The Morgan fingerprint density at radius 1 is 1.17 bits per heavy atom. The Labute approximate surface area is 144 Å². The van der Waals surface area contributed by atoms with Crippen LogP contribution in [0.15, 0.2) is 42.5 Å². The average Bonchev–Trinajstić information content (AvgIpc) is 3.03. The molecule has 0 unspecified atom stereocenters. The lowest BCUT2D eigenvalue weighted by molar-refractivity contribution is -0.127.